The van der Waals surface area contributed by atoms with Gasteiger partial charge in [0.25, 0.3) is 0 Å². The van der Waals surface area contributed by atoms with E-state index >= 15 is 0 Å². The fraction of sp³-hybridized carbons (Fsp3) is 0.714. The van der Waals surface area contributed by atoms with Crippen LogP contribution in [-0.2, 0) is 15.1 Å². The van der Waals surface area contributed by atoms with Gasteiger partial charge in [0.15, 0.2) is 11.4 Å². The fourth-order valence-electron chi connectivity index (χ4n) is 2.34. The summed E-state index contributed by atoms with van der Waals surface area (Å²) in [7, 11) is 0. The number of ether oxygens (including phenoxy) is 2. The van der Waals surface area contributed by atoms with Crippen molar-refractivity contribution in [3.8, 4) is 0 Å². The zero-order valence-corrected chi connectivity index (χ0v) is 11.3. The van der Waals surface area contributed by atoms with Gasteiger partial charge in [-0.1, -0.05) is 19.8 Å². The highest BCUT2D eigenvalue weighted by Gasteiger charge is 2.48. The molecule has 2 atom stereocenters. The molecule has 0 saturated carbocycles. The summed E-state index contributed by atoms with van der Waals surface area (Å²) in [6, 6.07) is 3.58. The first kappa shape index (κ1) is 13.6. The third kappa shape index (κ3) is 2.60. The van der Waals surface area contributed by atoms with Gasteiger partial charge in [0.2, 0.25) is 0 Å². The average molecular weight is 254 g/mol. The molecule has 0 unspecified atom stereocenters. The van der Waals surface area contributed by atoms with Crippen LogP contribution in [0.2, 0.25) is 0 Å². The van der Waals surface area contributed by atoms with E-state index in [1.54, 1.807) is 18.4 Å². The Bertz CT molecular complexity index is 371. The van der Waals surface area contributed by atoms with E-state index in [-0.39, 0.29) is 6.10 Å². The Morgan fingerprint density at radius 2 is 2.28 bits per heavy atom. The van der Waals surface area contributed by atoms with Gasteiger partial charge < -0.3 is 19.0 Å². The molecule has 0 radical (unpaired) electrons. The molecule has 0 aromatic carbocycles. The van der Waals surface area contributed by atoms with Crippen molar-refractivity contribution in [1.82, 2.24) is 0 Å². The van der Waals surface area contributed by atoms with Crippen LogP contribution in [0.25, 0.3) is 0 Å². The van der Waals surface area contributed by atoms with Crippen molar-refractivity contribution < 1.29 is 19.0 Å². The van der Waals surface area contributed by atoms with E-state index in [4.69, 9.17) is 13.9 Å². The van der Waals surface area contributed by atoms with Crippen LogP contribution < -0.4 is 0 Å². The standard InChI is InChI=1S/C14H22O4/c1-4-5-8-14(15,11-7-6-9-16-11)12-10-17-13(2,3)18-12/h6-7,9,12,15H,4-5,8,10H2,1-3H3/t12-,14-/m1/s1. The molecule has 1 saturated heterocycles. The third-order valence-corrected chi connectivity index (χ3v) is 3.40. The topological polar surface area (TPSA) is 51.8 Å². The van der Waals surface area contributed by atoms with Crippen LogP contribution in [0.1, 0.15) is 45.8 Å². The molecule has 0 amide bonds. The van der Waals surface area contributed by atoms with Crippen molar-refractivity contribution in [3.05, 3.63) is 24.2 Å². The van der Waals surface area contributed by atoms with Gasteiger partial charge in [-0.25, -0.2) is 0 Å². The highest BCUT2D eigenvalue weighted by atomic mass is 16.7. The van der Waals surface area contributed by atoms with E-state index < -0.39 is 11.4 Å². The zero-order valence-electron chi connectivity index (χ0n) is 11.3. The molecule has 1 aliphatic heterocycles. The second-order valence-electron chi connectivity index (χ2n) is 5.32. The summed E-state index contributed by atoms with van der Waals surface area (Å²) in [6.07, 6.45) is 3.73. The molecule has 4 nitrogen and oxygen atoms in total. The van der Waals surface area contributed by atoms with Gasteiger partial charge in [-0.15, -0.1) is 0 Å². The first-order valence-corrected chi connectivity index (χ1v) is 6.56. The molecule has 0 aliphatic carbocycles. The average Bonchev–Trinajstić information content (AvgIpc) is 2.95. The van der Waals surface area contributed by atoms with Crippen LogP contribution in [0, 0.1) is 0 Å². The van der Waals surface area contributed by atoms with Crippen LogP contribution in [0.3, 0.4) is 0 Å². The number of unbranched alkanes of at least 4 members (excludes halogenated alkanes) is 1. The highest BCUT2D eigenvalue weighted by Crippen LogP contribution is 2.38. The maximum atomic E-state index is 10.9. The van der Waals surface area contributed by atoms with Crippen molar-refractivity contribution in [3.63, 3.8) is 0 Å². The van der Waals surface area contributed by atoms with E-state index in [2.05, 4.69) is 6.92 Å². The summed E-state index contributed by atoms with van der Waals surface area (Å²) < 4.78 is 16.7. The lowest BCUT2D eigenvalue weighted by atomic mass is 9.88. The lowest BCUT2D eigenvalue weighted by Crippen LogP contribution is -2.42. The molecule has 1 aliphatic rings. The number of furan rings is 1. The Balaban J connectivity index is 2.20. The van der Waals surface area contributed by atoms with E-state index in [1.807, 2.05) is 13.8 Å². The zero-order chi connectivity index (χ0) is 13.2. The molecule has 0 spiro atoms. The highest BCUT2D eigenvalue weighted by molar-refractivity contribution is 5.13. The molecule has 1 fully saturated rings. The summed E-state index contributed by atoms with van der Waals surface area (Å²) in [5.41, 5.74) is -1.10. The van der Waals surface area contributed by atoms with Gasteiger partial charge in [-0.05, 0) is 32.4 Å². The molecule has 2 rings (SSSR count). The number of aliphatic hydroxyl groups is 1. The molecule has 102 valence electrons. The second-order valence-corrected chi connectivity index (χ2v) is 5.32. The van der Waals surface area contributed by atoms with E-state index in [0.29, 0.717) is 18.8 Å². The van der Waals surface area contributed by atoms with Gasteiger partial charge in [0, 0.05) is 0 Å². The molecule has 1 N–H and O–H groups in total. The maximum Gasteiger partial charge on any atom is 0.163 e. The van der Waals surface area contributed by atoms with Gasteiger partial charge >= 0.3 is 0 Å². The Kier molecular flexibility index (Phi) is 3.80. The minimum absolute atomic E-state index is 0.383. The SMILES string of the molecule is CCCC[C@@](O)(c1ccco1)[C@H]1COC(C)(C)O1. The first-order chi connectivity index (χ1) is 8.48. The van der Waals surface area contributed by atoms with Gasteiger partial charge in [-0.2, -0.15) is 0 Å². The monoisotopic (exact) mass is 254 g/mol. The van der Waals surface area contributed by atoms with Crippen molar-refractivity contribution in [2.45, 2.75) is 57.5 Å². The summed E-state index contributed by atoms with van der Waals surface area (Å²) in [4.78, 5) is 0. The Morgan fingerprint density at radius 3 is 2.78 bits per heavy atom. The largest absolute Gasteiger partial charge is 0.466 e. The van der Waals surface area contributed by atoms with Gasteiger partial charge in [0.1, 0.15) is 11.9 Å². The molecular weight excluding hydrogens is 232 g/mol. The Labute approximate surface area is 108 Å². The van der Waals surface area contributed by atoms with Crippen LogP contribution in [0.15, 0.2) is 22.8 Å². The van der Waals surface area contributed by atoms with Crippen LogP contribution >= 0.6 is 0 Å². The molecule has 2 heterocycles. The lowest BCUT2D eigenvalue weighted by molar-refractivity contribution is -0.178. The Hall–Kier alpha value is -0.840. The van der Waals surface area contributed by atoms with Crippen LogP contribution in [0.5, 0.6) is 0 Å². The number of hydrogen-bond donors (Lipinski definition) is 1. The summed E-state index contributed by atoms with van der Waals surface area (Å²) in [5, 5.41) is 10.9. The van der Waals surface area contributed by atoms with Crippen LogP contribution in [0.4, 0.5) is 0 Å². The smallest absolute Gasteiger partial charge is 0.163 e. The number of rotatable bonds is 5. The van der Waals surface area contributed by atoms with E-state index in [1.165, 1.54) is 0 Å². The van der Waals surface area contributed by atoms with Gasteiger partial charge in [0.05, 0.1) is 12.9 Å². The van der Waals surface area contributed by atoms with Crippen molar-refractivity contribution in [2.24, 2.45) is 0 Å². The van der Waals surface area contributed by atoms with E-state index in [9.17, 15) is 5.11 Å². The van der Waals surface area contributed by atoms with Crippen molar-refractivity contribution in [2.75, 3.05) is 6.61 Å². The van der Waals surface area contributed by atoms with Gasteiger partial charge in [-0.3, -0.25) is 0 Å². The minimum atomic E-state index is -1.10. The lowest BCUT2D eigenvalue weighted by Gasteiger charge is -2.31. The quantitative estimate of drug-likeness (QED) is 0.877. The van der Waals surface area contributed by atoms with Crippen molar-refractivity contribution >= 4 is 0 Å². The molecule has 0 bridgehead atoms. The normalized spacial score (nSPS) is 26.1. The van der Waals surface area contributed by atoms with E-state index in [0.717, 1.165) is 12.8 Å². The minimum Gasteiger partial charge on any atom is -0.466 e. The molecule has 1 aromatic heterocycles. The van der Waals surface area contributed by atoms with Crippen LogP contribution in [-0.4, -0.2) is 23.6 Å². The molecule has 18 heavy (non-hydrogen) atoms. The summed E-state index contributed by atoms with van der Waals surface area (Å²) in [6.45, 7) is 6.19. The molecule has 1 aromatic rings. The first-order valence-electron chi connectivity index (χ1n) is 6.56. The summed E-state index contributed by atoms with van der Waals surface area (Å²) in [5.74, 6) is -0.0838. The summed E-state index contributed by atoms with van der Waals surface area (Å²) >= 11 is 0. The maximum absolute atomic E-state index is 10.9. The molecule has 4 heteroatoms. The number of hydrogen-bond acceptors (Lipinski definition) is 4. The predicted octanol–water partition coefficient (Wildman–Crippen LogP) is 2.81. The predicted molar refractivity (Wildman–Crippen MR) is 67.0 cm³/mol. The van der Waals surface area contributed by atoms with Crippen molar-refractivity contribution in [1.29, 1.82) is 0 Å². The second kappa shape index (κ2) is 5.03. The Morgan fingerprint density at radius 1 is 1.50 bits per heavy atom. The third-order valence-electron chi connectivity index (χ3n) is 3.40. The fourth-order valence-corrected chi connectivity index (χ4v) is 2.34. The molecular formula is C14H22O4.